The maximum absolute atomic E-state index is 14.5. The Morgan fingerprint density at radius 1 is 1.26 bits per heavy atom. The molecule has 9 heteroatoms. The minimum Gasteiger partial charge on any atom is -0.468 e. The second kappa shape index (κ2) is 8.47. The maximum atomic E-state index is 14.5. The third kappa shape index (κ3) is 3.36. The number of para-hydroxylation sites is 1. The number of benzene rings is 1. The van der Waals surface area contributed by atoms with Crippen LogP contribution in [0.2, 0.25) is 0 Å². The molecule has 0 aliphatic carbocycles. The normalized spacial score (nSPS) is 27.6. The van der Waals surface area contributed by atoms with Gasteiger partial charge >= 0.3 is 5.97 Å². The van der Waals surface area contributed by atoms with Crippen LogP contribution >= 0.6 is 11.8 Å². The van der Waals surface area contributed by atoms with Crippen molar-refractivity contribution in [2.24, 2.45) is 11.8 Å². The van der Waals surface area contributed by atoms with E-state index in [0.717, 1.165) is 4.90 Å². The van der Waals surface area contributed by atoms with Crippen LogP contribution in [-0.4, -0.2) is 41.9 Å². The smallest absolute Gasteiger partial charge is 0.327 e. The monoisotopic (exact) mass is 446 g/mol. The number of rotatable bonds is 7. The van der Waals surface area contributed by atoms with Crippen LogP contribution in [0.5, 0.6) is 0 Å². The summed E-state index contributed by atoms with van der Waals surface area (Å²) in [6.07, 6.45) is 3.63. The van der Waals surface area contributed by atoms with Crippen molar-refractivity contribution in [2.75, 3.05) is 23.5 Å². The maximum Gasteiger partial charge on any atom is 0.327 e. The molecular weight excluding hydrogens is 423 g/mol. The Kier molecular flexibility index (Phi) is 5.90. The number of hydrogen-bond acceptors (Lipinski definition) is 7. The molecule has 2 fully saturated rings. The highest BCUT2D eigenvalue weighted by Gasteiger charge is 2.69. The molecule has 0 bridgehead atoms. The van der Waals surface area contributed by atoms with E-state index in [-0.39, 0.29) is 18.7 Å². The van der Waals surface area contributed by atoms with Gasteiger partial charge < -0.3 is 9.15 Å². The SMILES string of the molecule is CCOC(=O)[C@]1(CCSC)N[C@@H](c2ccco2)[C@H]2C(=O)N(c3ccccc3F)C(=O)[C@H]21. The van der Waals surface area contributed by atoms with Gasteiger partial charge in [-0.05, 0) is 49.6 Å². The molecule has 2 aromatic rings. The van der Waals surface area contributed by atoms with Crippen molar-refractivity contribution in [2.45, 2.75) is 24.9 Å². The Hall–Kier alpha value is -2.65. The Labute approximate surface area is 183 Å². The second-order valence-electron chi connectivity index (χ2n) is 7.54. The highest BCUT2D eigenvalue weighted by atomic mass is 32.2. The number of imide groups is 1. The first-order valence-electron chi connectivity index (χ1n) is 10.1. The fourth-order valence-corrected chi connectivity index (χ4v) is 5.15. The largest absolute Gasteiger partial charge is 0.468 e. The number of carbonyl (C=O) groups excluding carboxylic acids is 3. The third-order valence-corrected chi connectivity index (χ3v) is 6.55. The number of thioether (sulfide) groups is 1. The average Bonchev–Trinajstić information content (AvgIpc) is 3.45. The number of furan rings is 1. The van der Waals surface area contributed by atoms with Crippen LogP contribution in [0, 0.1) is 17.7 Å². The van der Waals surface area contributed by atoms with Crippen LogP contribution in [0.25, 0.3) is 0 Å². The van der Waals surface area contributed by atoms with Crippen molar-refractivity contribution in [3.63, 3.8) is 0 Å². The van der Waals surface area contributed by atoms with Gasteiger partial charge in [0.05, 0.1) is 36.4 Å². The molecule has 2 aliphatic heterocycles. The lowest BCUT2D eigenvalue weighted by molar-refractivity contribution is -0.154. The number of anilines is 1. The molecule has 4 rings (SSSR count). The van der Waals surface area contributed by atoms with Gasteiger partial charge in [-0.1, -0.05) is 12.1 Å². The zero-order chi connectivity index (χ0) is 22.2. The fourth-order valence-electron chi connectivity index (χ4n) is 4.63. The van der Waals surface area contributed by atoms with Crippen molar-refractivity contribution in [3.05, 3.63) is 54.2 Å². The van der Waals surface area contributed by atoms with E-state index in [2.05, 4.69) is 5.32 Å². The van der Waals surface area contributed by atoms with Gasteiger partial charge in [-0.2, -0.15) is 11.8 Å². The average molecular weight is 447 g/mol. The standard InChI is InChI=1S/C22H23FN2O5S/c1-3-29-21(28)22(10-12-31-2)17-16(18(24-22)15-9-6-11-30-15)19(26)25(20(17)27)14-8-5-4-7-13(14)23/h4-9,11,16-18,24H,3,10,12H2,1-2H3/t16-,17-,18-,22+/m0/s1. The first-order chi connectivity index (χ1) is 15.0. The van der Waals surface area contributed by atoms with Crippen LogP contribution < -0.4 is 10.2 Å². The molecule has 2 saturated heterocycles. The molecule has 1 aromatic heterocycles. The van der Waals surface area contributed by atoms with Gasteiger partial charge in [-0.15, -0.1) is 0 Å². The van der Waals surface area contributed by atoms with Gasteiger partial charge in [-0.3, -0.25) is 19.7 Å². The molecule has 2 amide bonds. The van der Waals surface area contributed by atoms with Crippen molar-refractivity contribution in [1.82, 2.24) is 5.32 Å². The molecule has 0 radical (unpaired) electrons. The summed E-state index contributed by atoms with van der Waals surface area (Å²) < 4.78 is 25.4. The quantitative estimate of drug-likeness (QED) is 0.517. The lowest BCUT2D eigenvalue weighted by Gasteiger charge is -2.32. The van der Waals surface area contributed by atoms with Gasteiger partial charge in [0.2, 0.25) is 11.8 Å². The van der Waals surface area contributed by atoms with E-state index in [1.165, 1.54) is 36.2 Å². The summed E-state index contributed by atoms with van der Waals surface area (Å²) in [4.78, 5) is 41.2. The number of nitrogens with zero attached hydrogens (tertiary/aromatic N) is 1. The molecule has 2 aliphatic rings. The van der Waals surface area contributed by atoms with Crippen LogP contribution in [0.4, 0.5) is 10.1 Å². The van der Waals surface area contributed by atoms with E-state index in [0.29, 0.717) is 11.5 Å². The molecule has 1 N–H and O–H groups in total. The molecule has 0 spiro atoms. The molecule has 4 atom stereocenters. The Balaban J connectivity index is 1.85. The van der Waals surface area contributed by atoms with Crippen LogP contribution in [-0.2, 0) is 19.1 Å². The Bertz CT molecular complexity index is 998. The van der Waals surface area contributed by atoms with Gasteiger partial charge in [-0.25, -0.2) is 9.29 Å². The van der Waals surface area contributed by atoms with E-state index in [1.54, 1.807) is 25.1 Å². The Morgan fingerprint density at radius 3 is 2.68 bits per heavy atom. The predicted octanol–water partition coefficient (Wildman–Crippen LogP) is 2.92. The molecule has 31 heavy (non-hydrogen) atoms. The van der Waals surface area contributed by atoms with E-state index < -0.39 is 47.0 Å². The number of carbonyl (C=O) groups is 3. The molecule has 164 valence electrons. The van der Waals surface area contributed by atoms with E-state index >= 15 is 0 Å². The number of hydrogen-bond donors (Lipinski definition) is 1. The Morgan fingerprint density at radius 2 is 2.03 bits per heavy atom. The molecular formula is C22H23FN2O5S. The van der Waals surface area contributed by atoms with Gasteiger partial charge in [0.25, 0.3) is 0 Å². The number of halogens is 1. The van der Waals surface area contributed by atoms with Gasteiger partial charge in [0.15, 0.2) is 0 Å². The number of amides is 2. The van der Waals surface area contributed by atoms with Crippen molar-refractivity contribution >= 4 is 35.2 Å². The molecule has 0 saturated carbocycles. The lowest BCUT2D eigenvalue weighted by Crippen LogP contribution is -2.57. The summed E-state index contributed by atoms with van der Waals surface area (Å²) in [5, 5.41) is 3.23. The molecule has 1 aromatic carbocycles. The van der Waals surface area contributed by atoms with E-state index in [9.17, 15) is 18.8 Å². The van der Waals surface area contributed by atoms with Gasteiger partial charge in [0.1, 0.15) is 17.1 Å². The minimum atomic E-state index is -1.42. The zero-order valence-corrected chi connectivity index (χ0v) is 18.0. The van der Waals surface area contributed by atoms with Crippen LogP contribution in [0.1, 0.15) is 25.1 Å². The highest BCUT2D eigenvalue weighted by Crippen LogP contribution is 2.51. The number of ether oxygens (including phenoxy) is 1. The summed E-state index contributed by atoms with van der Waals surface area (Å²) in [6.45, 7) is 1.81. The number of esters is 1. The lowest BCUT2D eigenvalue weighted by atomic mass is 9.78. The first kappa shape index (κ1) is 21.6. The van der Waals surface area contributed by atoms with Crippen molar-refractivity contribution < 1.29 is 27.9 Å². The van der Waals surface area contributed by atoms with Crippen molar-refractivity contribution in [3.8, 4) is 0 Å². The fraction of sp³-hybridized carbons (Fsp3) is 0.409. The number of fused-ring (bicyclic) bond motifs is 1. The predicted molar refractivity (Wildman–Crippen MR) is 113 cm³/mol. The second-order valence-corrected chi connectivity index (χ2v) is 8.52. The minimum absolute atomic E-state index is 0.118. The van der Waals surface area contributed by atoms with Crippen LogP contribution in [0.3, 0.4) is 0 Å². The summed E-state index contributed by atoms with van der Waals surface area (Å²) in [5.74, 6) is -3.43. The van der Waals surface area contributed by atoms with Gasteiger partial charge in [0, 0.05) is 0 Å². The van der Waals surface area contributed by atoms with E-state index in [1.807, 2.05) is 6.26 Å². The summed E-state index contributed by atoms with van der Waals surface area (Å²) >= 11 is 1.52. The third-order valence-electron chi connectivity index (χ3n) is 5.94. The summed E-state index contributed by atoms with van der Waals surface area (Å²) in [7, 11) is 0. The van der Waals surface area contributed by atoms with Crippen LogP contribution in [0.15, 0.2) is 47.1 Å². The topological polar surface area (TPSA) is 88.8 Å². The highest BCUT2D eigenvalue weighted by molar-refractivity contribution is 7.98. The summed E-state index contributed by atoms with van der Waals surface area (Å²) in [6, 6.07) is 8.26. The zero-order valence-electron chi connectivity index (χ0n) is 17.2. The number of nitrogens with one attached hydrogen (secondary N) is 1. The molecule has 0 unspecified atom stereocenters. The summed E-state index contributed by atoms with van der Waals surface area (Å²) in [5.41, 5.74) is -1.54. The first-order valence-corrected chi connectivity index (χ1v) is 11.4. The molecule has 7 nitrogen and oxygen atoms in total. The van der Waals surface area contributed by atoms with E-state index in [4.69, 9.17) is 9.15 Å². The molecule has 3 heterocycles. The van der Waals surface area contributed by atoms with Crippen molar-refractivity contribution in [1.29, 1.82) is 0 Å².